The molecular weight excluding hydrogens is 174 g/mol. The molecule has 0 aliphatic carbocycles. The maximum atomic E-state index is 5.61. The Kier molecular flexibility index (Phi) is 4.59. The van der Waals surface area contributed by atoms with E-state index in [-0.39, 0.29) is 12.3 Å². The summed E-state index contributed by atoms with van der Waals surface area (Å²) in [6, 6.07) is 10.3. The van der Waals surface area contributed by atoms with E-state index in [4.69, 9.17) is 5.73 Å². The molecule has 14 heavy (non-hydrogen) atoms. The molecule has 3 nitrogen and oxygen atoms in total. The summed E-state index contributed by atoms with van der Waals surface area (Å²) in [7, 11) is 0. The van der Waals surface area contributed by atoms with Crippen LogP contribution in [0.25, 0.3) is 0 Å². The fourth-order valence-electron chi connectivity index (χ4n) is 1.32. The molecule has 0 radical (unpaired) electrons. The summed E-state index contributed by atoms with van der Waals surface area (Å²) >= 11 is 0. The minimum Gasteiger partial charge on any atom is -0.316 e. The van der Waals surface area contributed by atoms with Gasteiger partial charge in [0.25, 0.3) is 0 Å². The van der Waals surface area contributed by atoms with Gasteiger partial charge in [-0.25, -0.2) is 0 Å². The Labute approximate surface area is 85.7 Å². The Morgan fingerprint density at radius 1 is 1.21 bits per heavy atom. The molecule has 0 aromatic heterocycles. The van der Waals surface area contributed by atoms with Gasteiger partial charge in [-0.2, -0.15) is 0 Å². The average Bonchev–Trinajstić information content (AvgIpc) is 2.15. The molecule has 2 atom stereocenters. The largest absolute Gasteiger partial charge is 0.316 e. The molecule has 0 bridgehead atoms. The third kappa shape index (κ3) is 4.37. The number of hydrogen-bond acceptors (Lipinski definition) is 3. The maximum Gasteiger partial charge on any atom is 0.0557 e. The zero-order valence-corrected chi connectivity index (χ0v) is 8.83. The summed E-state index contributed by atoms with van der Waals surface area (Å²) in [4.78, 5) is 0. The van der Waals surface area contributed by atoms with Crippen LogP contribution in [0.3, 0.4) is 0 Å². The minimum atomic E-state index is 0.0215. The Hall–Kier alpha value is -0.900. The summed E-state index contributed by atoms with van der Waals surface area (Å²) in [5.41, 5.74) is 6.89. The van der Waals surface area contributed by atoms with Crippen LogP contribution in [0.2, 0.25) is 0 Å². The first-order valence-corrected chi connectivity index (χ1v) is 4.97. The van der Waals surface area contributed by atoms with E-state index in [2.05, 4.69) is 29.7 Å². The van der Waals surface area contributed by atoms with Crippen LogP contribution in [0.5, 0.6) is 0 Å². The monoisotopic (exact) mass is 193 g/mol. The van der Waals surface area contributed by atoms with E-state index in [0.29, 0.717) is 0 Å². The molecule has 4 N–H and O–H groups in total. The van der Waals surface area contributed by atoms with Crippen LogP contribution < -0.4 is 16.4 Å². The van der Waals surface area contributed by atoms with Gasteiger partial charge < -0.3 is 5.73 Å². The topological polar surface area (TPSA) is 50.1 Å². The van der Waals surface area contributed by atoms with Crippen molar-refractivity contribution >= 4 is 0 Å². The lowest BCUT2D eigenvalue weighted by atomic mass is 10.2. The highest BCUT2D eigenvalue weighted by atomic mass is 15.2. The van der Waals surface area contributed by atoms with E-state index >= 15 is 0 Å². The lowest BCUT2D eigenvalue weighted by Crippen LogP contribution is -2.47. The van der Waals surface area contributed by atoms with Crippen LogP contribution in [0, 0.1) is 0 Å². The number of benzene rings is 1. The molecule has 0 amide bonds. The second kappa shape index (κ2) is 5.75. The van der Waals surface area contributed by atoms with Crippen molar-refractivity contribution in [3.63, 3.8) is 0 Å². The van der Waals surface area contributed by atoms with Crippen molar-refractivity contribution < 1.29 is 0 Å². The van der Waals surface area contributed by atoms with Crippen LogP contribution >= 0.6 is 0 Å². The van der Waals surface area contributed by atoms with Gasteiger partial charge >= 0.3 is 0 Å². The van der Waals surface area contributed by atoms with E-state index in [1.54, 1.807) is 0 Å². The van der Waals surface area contributed by atoms with Gasteiger partial charge in [-0.15, -0.1) is 0 Å². The van der Waals surface area contributed by atoms with Crippen molar-refractivity contribution in [1.82, 2.24) is 10.6 Å². The van der Waals surface area contributed by atoms with Gasteiger partial charge in [0, 0.05) is 6.54 Å². The predicted octanol–water partition coefficient (Wildman–Crippen LogP) is 1.02. The summed E-state index contributed by atoms with van der Waals surface area (Å²) in [6.45, 7) is 4.86. The summed E-state index contributed by atoms with van der Waals surface area (Å²) < 4.78 is 0. The van der Waals surface area contributed by atoms with Crippen LogP contribution in [-0.2, 0) is 6.54 Å². The fourth-order valence-corrected chi connectivity index (χ4v) is 1.32. The van der Waals surface area contributed by atoms with Crippen molar-refractivity contribution in [3.8, 4) is 0 Å². The first kappa shape index (κ1) is 11.2. The van der Waals surface area contributed by atoms with Crippen LogP contribution in [0.15, 0.2) is 30.3 Å². The Bertz CT molecular complexity index is 246. The second-order valence-corrected chi connectivity index (χ2v) is 3.54. The first-order chi connectivity index (χ1) is 6.68. The highest BCUT2D eigenvalue weighted by Gasteiger charge is 2.01. The molecule has 0 aliphatic heterocycles. The number of nitrogens with one attached hydrogen (secondary N) is 2. The fraction of sp³-hybridized carbons (Fsp3) is 0.455. The van der Waals surface area contributed by atoms with Gasteiger partial charge in [-0.3, -0.25) is 10.6 Å². The number of rotatable bonds is 5. The molecule has 0 aliphatic rings. The average molecular weight is 193 g/mol. The van der Waals surface area contributed by atoms with E-state index in [1.165, 1.54) is 5.56 Å². The predicted molar refractivity (Wildman–Crippen MR) is 59.5 cm³/mol. The molecule has 0 saturated carbocycles. The van der Waals surface area contributed by atoms with E-state index in [9.17, 15) is 0 Å². The molecule has 1 aromatic rings. The molecule has 0 fully saturated rings. The van der Waals surface area contributed by atoms with Crippen molar-refractivity contribution in [1.29, 1.82) is 0 Å². The SMILES string of the molecule is CC(N)NC(C)NCc1ccccc1. The van der Waals surface area contributed by atoms with E-state index in [0.717, 1.165) is 6.54 Å². The molecule has 2 unspecified atom stereocenters. The zero-order valence-electron chi connectivity index (χ0n) is 8.83. The van der Waals surface area contributed by atoms with Crippen LogP contribution in [0.4, 0.5) is 0 Å². The van der Waals surface area contributed by atoms with Gasteiger partial charge in [0.1, 0.15) is 0 Å². The standard InChI is InChI=1S/C11H19N3/c1-9(12)14-10(2)13-8-11-6-4-3-5-7-11/h3-7,9-10,13-14H,8,12H2,1-2H3. The summed E-state index contributed by atoms with van der Waals surface area (Å²) in [5, 5.41) is 6.52. The maximum absolute atomic E-state index is 5.61. The Morgan fingerprint density at radius 2 is 1.86 bits per heavy atom. The van der Waals surface area contributed by atoms with Gasteiger partial charge in [0.05, 0.1) is 12.3 Å². The van der Waals surface area contributed by atoms with Crippen molar-refractivity contribution in [2.75, 3.05) is 0 Å². The highest BCUT2D eigenvalue weighted by molar-refractivity contribution is 5.14. The summed E-state index contributed by atoms with van der Waals surface area (Å²) in [5.74, 6) is 0. The number of nitrogens with two attached hydrogens (primary N) is 1. The van der Waals surface area contributed by atoms with Crippen molar-refractivity contribution in [2.24, 2.45) is 5.73 Å². The zero-order chi connectivity index (χ0) is 10.4. The lowest BCUT2D eigenvalue weighted by Gasteiger charge is -2.18. The van der Waals surface area contributed by atoms with Crippen molar-refractivity contribution in [2.45, 2.75) is 32.7 Å². The second-order valence-electron chi connectivity index (χ2n) is 3.54. The Morgan fingerprint density at radius 3 is 2.43 bits per heavy atom. The van der Waals surface area contributed by atoms with Crippen LogP contribution in [0.1, 0.15) is 19.4 Å². The van der Waals surface area contributed by atoms with Gasteiger partial charge in [-0.05, 0) is 19.4 Å². The molecule has 0 saturated heterocycles. The smallest absolute Gasteiger partial charge is 0.0557 e. The quantitative estimate of drug-likeness (QED) is 0.612. The lowest BCUT2D eigenvalue weighted by molar-refractivity contribution is 0.408. The molecule has 78 valence electrons. The molecule has 3 heteroatoms. The normalized spacial score (nSPS) is 15.1. The first-order valence-electron chi connectivity index (χ1n) is 4.97. The third-order valence-corrected chi connectivity index (χ3v) is 1.97. The van der Waals surface area contributed by atoms with E-state index < -0.39 is 0 Å². The van der Waals surface area contributed by atoms with Gasteiger partial charge in [0.15, 0.2) is 0 Å². The molecule has 0 heterocycles. The molecule has 0 spiro atoms. The molecular formula is C11H19N3. The molecule has 1 rings (SSSR count). The van der Waals surface area contributed by atoms with Gasteiger partial charge in [0.2, 0.25) is 0 Å². The Balaban J connectivity index is 2.27. The summed E-state index contributed by atoms with van der Waals surface area (Å²) in [6.07, 6.45) is 0.253. The molecule has 1 aromatic carbocycles. The minimum absolute atomic E-state index is 0.0215. The highest BCUT2D eigenvalue weighted by Crippen LogP contribution is 1.97. The van der Waals surface area contributed by atoms with Gasteiger partial charge in [-0.1, -0.05) is 30.3 Å². The number of hydrogen-bond donors (Lipinski definition) is 3. The van der Waals surface area contributed by atoms with Crippen molar-refractivity contribution in [3.05, 3.63) is 35.9 Å². The third-order valence-electron chi connectivity index (χ3n) is 1.97. The van der Waals surface area contributed by atoms with E-state index in [1.807, 2.05) is 25.1 Å². The van der Waals surface area contributed by atoms with Crippen LogP contribution in [-0.4, -0.2) is 12.3 Å².